The van der Waals surface area contributed by atoms with Gasteiger partial charge in [0, 0.05) is 0 Å². The van der Waals surface area contributed by atoms with Gasteiger partial charge in [-0.25, -0.2) is 4.79 Å². The van der Waals surface area contributed by atoms with Crippen LogP contribution in [0.1, 0.15) is 18.5 Å². The molecule has 5 heteroatoms. The quantitative estimate of drug-likeness (QED) is 0.658. The van der Waals surface area contributed by atoms with Gasteiger partial charge in [0.2, 0.25) is 0 Å². The molecule has 0 saturated heterocycles. The highest BCUT2D eigenvalue weighted by Gasteiger charge is 2.17. The molecule has 0 aliphatic heterocycles. The molecule has 0 bridgehead atoms. The summed E-state index contributed by atoms with van der Waals surface area (Å²) < 4.78 is 5.16. The summed E-state index contributed by atoms with van der Waals surface area (Å²) in [6, 6.07) is 10.0. The molecule has 2 rings (SSSR count). The molecule has 5 nitrogen and oxygen atoms in total. The Hall–Kier alpha value is -2.27. The fraction of sp³-hybridized carbons (Fsp3) is 0.214. The summed E-state index contributed by atoms with van der Waals surface area (Å²) in [4.78, 5) is 10.9. The molecule has 0 aliphatic rings. The number of carbonyl (C=O) groups is 1. The third-order valence-corrected chi connectivity index (χ3v) is 3.15. The lowest BCUT2D eigenvalue weighted by atomic mass is 10.0. The van der Waals surface area contributed by atoms with Crippen molar-refractivity contribution in [1.29, 1.82) is 0 Å². The molecule has 2 aromatic rings. The molecule has 0 radical (unpaired) electrons. The Bertz CT molecular complexity index is 613. The zero-order valence-corrected chi connectivity index (χ0v) is 10.8. The van der Waals surface area contributed by atoms with Crippen LogP contribution in [0.5, 0.6) is 5.75 Å². The third-order valence-electron chi connectivity index (χ3n) is 3.15. The number of nitrogens with two attached hydrogens (primary N) is 1. The van der Waals surface area contributed by atoms with E-state index in [9.17, 15) is 10.0 Å². The van der Waals surface area contributed by atoms with Gasteiger partial charge in [0.25, 0.3) is 0 Å². The van der Waals surface area contributed by atoms with Gasteiger partial charge in [0.15, 0.2) is 0 Å². The topological polar surface area (TPSA) is 75.8 Å². The Morgan fingerprint density at radius 3 is 2.53 bits per heavy atom. The molecule has 1 unspecified atom stereocenters. The molecule has 0 heterocycles. The van der Waals surface area contributed by atoms with Gasteiger partial charge < -0.3 is 10.5 Å². The van der Waals surface area contributed by atoms with Crippen molar-refractivity contribution in [2.75, 3.05) is 7.11 Å². The largest absolute Gasteiger partial charge is 0.497 e. The van der Waals surface area contributed by atoms with Crippen molar-refractivity contribution < 1.29 is 14.7 Å². The number of hydroxylamine groups is 2. The molecule has 0 spiro atoms. The Balaban J connectivity index is 2.39. The number of primary amides is 1. The molecule has 0 saturated carbocycles. The Morgan fingerprint density at radius 2 is 1.89 bits per heavy atom. The van der Waals surface area contributed by atoms with Gasteiger partial charge >= 0.3 is 6.03 Å². The highest BCUT2D eigenvalue weighted by Crippen LogP contribution is 2.26. The third kappa shape index (κ3) is 2.61. The lowest BCUT2D eigenvalue weighted by molar-refractivity contribution is -0.0709. The first kappa shape index (κ1) is 13.2. The number of methoxy groups -OCH3 is 1. The molecule has 0 fully saturated rings. The van der Waals surface area contributed by atoms with Crippen LogP contribution in [-0.4, -0.2) is 23.4 Å². The van der Waals surface area contributed by atoms with Crippen molar-refractivity contribution in [3.63, 3.8) is 0 Å². The number of ether oxygens (including phenoxy) is 1. The molecular formula is C14H16N2O3. The first-order chi connectivity index (χ1) is 9.02. The Morgan fingerprint density at radius 1 is 1.26 bits per heavy atom. The second kappa shape index (κ2) is 5.16. The van der Waals surface area contributed by atoms with Crippen LogP contribution >= 0.6 is 0 Å². The van der Waals surface area contributed by atoms with Crippen LogP contribution in [0, 0.1) is 0 Å². The van der Waals surface area contributed by atoms with Gasteiger partial charge in [0.05, 0.1) is 13.2 Å². The second-order valence-electron chi connectivity index (χ2n) is 4.33. The highest BCUT2D eigenvalue weighted by atomic mass is 16.5. The van der Waals surface area contributed by atoms with Gasteiger partial charge in [0.1, 0.15) is 5.75 Å². The van der Waals surface area contributed by atoms with E-state index in [-0.39, 0.29) is 0 Å². The van der Waals surface area contributed by atoms with Crippen LogP contribution in [0.3, 0.4) is 0 Å². The molecular weight excluding hydrogens is 244 g/mol. The second-order valence-corrected chi connectivity index (χ2v) is 4.33. The van der Waals surface area contributed by atoms with Crippen LogP contribution in [0.4, 0.5) is 4.79 Å². The molecule has 19 heavy (non-hydrogen) atoms. The van der Waals surface area contributed by atoms with E-state index < -0.39 is 12.1 Å². The maximum absolute atomic E-state index is 10.9. The number of urea groups is 1. The van der Waals surface area contributed by atoms with Gasteiger partial charge in [-0.05, 0) is 41.5 Å². The molecule has 2 aromatic carbocycles. The van der Waals surface area contributed by atoms with E-state index in [1.165, 1.54) is 0 Å². The van der Waals surface area contributed by atoms with E-state index in [1.54, 1.807) is 14.0 Å². The first-order valence-corrected chi connectivity index (χ1v) is 5.88. The van der Waals surface area contributed by atoms with Crippen LogP contribution in [-0.2, 0) is 0 Å². The van der Waals surface area contributed by atoms with Gasteiger partial charge in [-0.2, -0.15) is 5.06 Å². The lowest BCUT2D eigenvalue weighted by Crippen LogP contribution is -2.34. The number of amides is 2. The lowest BCUT2D eigenvalue weighted by Gasteiger charge is -2.21. The summed E-state index contributed by atoms with van der Waals surface area (Å²) in [5.41, 5.74) is 5.85. The summed E-state index contributed by atoms with van der Waals surface area (Å²) in [5, 5.41) is 12.1. The fourth-order valence-corrected chi connectivity index (χ4v) is 1.96. The number of hydrogen-bond donors (Lipinski definition) is 2. The van der Waals surface area contributed by atoms with E-state index in [0.29, 0.717) is 5.06 Å². The van der Waals surface area contributed by atoms with Gasteiger partial charge in [-0.15, -0.1) is 0 Å². The predicted molar refractivity (Wildman–Crippen MR) is 72.1 cm³/mol. The monoisotopic (exact) mass is 260 g/mol. The molecule has 3 N–H and O–H groups in total. The van der Waals surface area contributed by atoms with Crippen molar-refractivity contribution in [3.8, 4) is 5.75 Å². The smallest absolute Gasteiger partial charge is 0.339 e. The van der Waals surface area contributed by atoms with Gasteiger partial charge in [-0.1, -0.05) is 18.2 Å². The first-order valence-electron chi connectivity index (χ1n) is 5.88. The number of benzene rings is 2. The van der Waals surface area contributed by atoms with E-state index in [2.05, 4.69) is 0 Å². The number of fused-ring (bicyclic) bond motifs is 1. The van der Waals surface area contributed by atoms with Crippen molar-refractivity contribution in [2.24, 2.45) is 5.73 Å². The van der Waals surface area contributed by atoms with E-state index >= 15 is 0 Å². The molecule has 1 atom stereocenters. The number of rotatable bonds is 3. The molecule has 100 valence electrons. The molecule has 0 aromatic heterocycles. The summed E-state index contributed by atoms with van der Waals surface area (Å²) in [6.45, 7) is 1.70. The normalized spacial score (nSPS) is 12.2. The number of nitrogens with zero attached hydrogens (tertiary/aromatic N) is 1. The summed E-state index contributed by atoms with van der Waals surface area (Å²) >= 11 is 0. The van der Waals surface area contributed by atoms with Crippen LogP contribution in [0.2, 0.25) is 0 Å². The molecule has 2 amide bonds. The Kier molecular flexibility index (Phi) is 3.57. The zero-order chi connectivity index (χ0) is 14.0. The minimum Gasteiger partial charge on any atom is -0.497 e. The van der Waals surface area contributed by atoms with E-state index in [4.69, 9.17) is 10.5 Å². The van der Waals surface area contributed by atoms with Crippen LogP contribution < -0.4 is 10.5 Å². The summed E-state index contributed by atoms with van der Waals surface area (Å²) in [7, 11) is 1.62. The van der Waals surface area contributed by atoms with Crippen molar-refractivity contribution in [2.45, 2.75) is 13.0 Å². The Labute approximate surface area is 111 Å². The summed E-state index contributed by atoms with van der Waals surface area (Å²) in [6.07, 6.45) is 0. The SMILES string of the molecule is COc1ccc2cc(C(C)N(O)C(N)=O)ccc2c1. The predicted octanol–water partition coefficient (Wildman–Crippen LogP) is 2.68. The molecule has 0 aliphatic carbocycles. The number of carbonyl (C=O) groups excluding carboxylic acids is 1. The van der Waals surface area contributed by atoms with Crippen molar-refractivity contribution >= 4 is 16.8 Å². The maximum atomic E-state index is 10.9. The summed E-state index contributed by atoms with van der Waals surface area (Å²) in [5.74, 6) is 0.786. The standard InChI is InChI=1S/C14H16N2O3/c1-9(16(18)14(15)17)10-3-4-12-8-13(19-2)6-5-11(12)7-10/h3-9,18H,1-2H3,(H2,15,17). The van der Waals surface area contributed by atoms with Crippen LogP contribution in [0.15, 0.2) is 36.4 Å². The van der Waals surface area contributed by atoms with Crippen molar-refractivity contribution in [1.82, 2.24) is 5.06 Å². The minimum absolute atomic E-state index is 0.496. The van der Waals surface area contributed by atoms with Crippen molar-refractivity contribution in [3.05, 3.63) is 42.0 Å². The van der Waals surface area contributed by atoms with Crippen LogP contribution in [0.25, 0.3) is 10.8 Å². The van der Waals surface area contributed by atoms with E-state index in [1.807, 2.05) is 36.4 Å². The van der Waals surface area contributed by atoms with Gasteiger partial charge in [-0.3, -0.25) is 5.21 Å². The average Bonchev–Trinajstić information content (AvgIpc) is 2.44. The maximum Gasteiger partial charge on any atom is 0.339 e. The van der Waals surface area contributed by atoms with E-state index in [0.717, 1.165) is 22.1 Å². The highest BCUT2D eigenvalue weighted by molar-refractivity contribution is 5.84. The number of hydrogen-bond acceptors (Lipinski definition) is 3. The average molecular weight is 260 g/mol. The zero-order valence-electron chi connectivity index (χ0n) is 10.8. The minimum atomic E-state index is -0.873. The fourth-order valence-electron chi connectivity index (χ4n) is 1.96.